The predicted octanol–water partition coefficient (Wildman–Crippen LogP) is 1.22. The van der Waals surface area contributed by atoms with Crippen molar-refractivity contribution in [3.63, 3.8) is 0 Å². The molecule has 0 aromatic rings. The van der Waals surface area contributed by atoms with Crippen molar-refractivity contribution < 1.29 is 9.53 Å². The zero-order chi connectivity index (χ0) is 12.4. The van der Waals surface area contributed by atoms with Crippen LogP contribution in [0.1, 0.15) is 33.6 Å². The molecule has 1 N–H and O–H groups in total. The maximum Gasteiger partial charge on any atom is 0.241 e. The second-order valence-electron chi connectivity index (χ2n) is 5.64. The summed E-state index contributed by atoms with van der Waals surface area (Å²) in [6.45, 7) is 8.79. The van der Waals surface area contributed by atoms with Crippen molar-refractivity contribution in [2.24, 2.45) is 11.8 Å². The lowest BCUT2D eigenvalue weighted by Crippen LogP contribution is -2.40. The number of hydrogen-bond donors (Lipinski definition) is 1. The first-order valence-corrected chi connectivity index (χ1v) is 6.74. The lowest BCUT2D eigenvalue weighted by molar-refractivity contribution is -0.131. The number of nitrogens with zero attached hydrogens (tertiary/aromatic N) is 1. The highest BCUT2D eigenvalue weighted by Crippen LogP contribution is 2.21. The van der Waals surface area contributed by atoms with Gasteiger partial charge in [0.2, 0.25) is 5.91 Å². The van der Waals surface area contributed by atoms with E-state index in [9.17, 15) is 4.79 Å². The number of nitrogens with one attached hydrogen (secondary N) is 1. The number of hydrogen-bond acceptors (Lipinski definition) is 3. The van der Waals surface area contributed by atoms with Gasteiger partial charge in [0.15, 0.2) is 0 Å². The molecule has 0 aromatic heterocycles. The summed E-state index contributed by atoms with van der Waals surface area (Å²) in [7, 11) is 0. The van der Waals surface area contributed by atoms with Gasteiger partial charge in [-0.1, -0.05) is 13.8 Å². The van der Waals surface area contributed by atoms with E-state index in [2.05, 4.69) is 26.1 Å². The largest absolute Gasteiger partial charge is 0.381 e. The Kier molecular flexibility index (Phi) is 4.05. The molecule has 2 saturated heterocycles. The Labute approximate surface area is 104 Å². The number of carbonyl (C=O) groups is 1. The minimum absolute atomic E-state index is 0.00508. The van der Waals surface area contributed by atoms with Crippen LogP contribution in [-0.4, -0.2) is 42.8 Å². The maximum absolute atomic E-state index is 12.3. The number of amides is 1. The van der Waals surface area contributed by atoms with Crippen LogP contribution < -0.4 is 5.32 Å². The average Bonchev–Trinajstić information content (AvgIpc) is 2.58. The van der Waals surface area contributed by atoms with E-state index in [0.29, 0.717) is 11.8 Å². The summed E-state index contributed by atoms with van der Waals surface area (Å²) in [5, 5.41) is 3.38. The monoisotopic (exact) mass is 240 g/mol. The van der Waals surface area contributed by atoms with Crippen LogP contribution in [0.2, 0.25) is 0 Å². The summed E-state index contributed by atoms with van der Waals surface area (Å²) in [5.74, 6) is 1.14. The third kappa shape index (κ3) is 2.80. The second kappa shape index (κ2) is 5.36. The van der Waals surface area contributed by atoms with Crippen LogP contribution >= 0.6 is 0 Å². The molecule has 2 aliphatic rings. The Hall–Kier alpha value is -0.610. The van der Waals surface area contributed by atoms with E-state index in [0.717, 1.165) is 26.2 Å². The summed E-state index contributed by atoms with van der Waals surface area (Å²) in [5.41, 5.74) is 0. The highest BCUT2D eigenvalue weighted by molar-refractivity contribution is 5.84. The second-order valence-corrected chi connectivity index (χ2v) is 5.64. The molecule has 0 saturated carbocycles. The molecule has 4 nitrogen and oxygen atoms in total. The maximum atomic E-state index is 12.3. The molecule has 0 aliphatic carbocycles. The molecule has 1 amide bonds. The van der Waals surface area contributed by atoms with Crippen LogP contribution in [0.25, 0.3) is 0 Å². The quantitative estimate of drug-likeness (QED) is 0.806. The molecule has 17 heavy (non-hydrogen) atoms. The number of carbonyl (C=O) groups excluding carboxylic acids is 1. The predicted molar refractivity (Wildman–Crippen MR) is 66.5 cm³/mol. The van der Waals surface area contributed by atoms with Crippen LogP contribution in [0.4, 0.5) is 0 Å². The third-order valence-corrected chi connectivity index (χ3v) is 3.81. The van der Waals surface area contributed by atoms with Gasteiger partial charge in [-0.25, -0.2) is 0 Å². The Morgan fingerprint density at radius 1 is 1.53 bits per heavy atom. The molecule has 4 heteroatoms. The van der Waals surface area contributed by atoms with Gasteiger partial charge in [-0.15, -0.1) is 0 Å². The fourth-order valence-electron chi connectivity index (χ4n) is 2.75. The van der Waals surface area contributed by atoms with Gasteiger partial charge in [0.05, 0.1) is 18.8 Å². The average molecular weight is 240 g/mol. The lowest BCUT2D eigenvalue weighted by atomic mass is 10.0. The van der Waals surface area contributed by atoms with E-state index < -0.39 is 0 Å². The van der Waals surface area contributed by atoms with Crippen LogP contribution in [0, 0.1) is 11.8 Å². The molecule has 0 spiro atoms. The molecule has 0 bridgehead atoms. The van der Waals surface area contributed by atoms with Gasteiger partial charge in [-0.05, 0) is 25.7 Å². The van der Waals surface area contributed by atoms with Gasteiger partial charge < -0.3 is 9.64 Å². The Balaban J connectivity index is 1.93. The van der Waals surface area contributed by atoms with Crippen molar-refractivity contribution in [2.75, 3.05) is 19.8 Å². The van der Waals surface area contributed by atoms with Gasteiger partial charge in [-0.3, -0.25) is 10.1 Å². The molecule has 2 rings (SSSR count). The molecular weight excluding hydrogens is 216 g/mol. The summed E-state index contributed by atoms with van der Waals surface area (Å²) >= 11 is 0. The molecule has 2 fully saturated rings. The number of ether oxygens (including phenoxy) is 1. The minimum Gasteiger partial charge on any atom is -0.381 e. The summed E-state index contributed by atoms with van der Waals surface area (Å²) in [4.78, 5) is 14.2. The van der Waals surface area contributed by atoms with Crippen molar-refractivity contribution in [1.82, 2.24) is 10.2 Å². The normalized spacial score (nSPS) is 34.7. The Morgan fingerprint density at radius 2 is 2.29 bits per heavy atom. The molecule has 2 aliphatic heterocycles. The standard InChI is InChI=1S/C13H24N2O2/c1-9(2)12-13(16)15(10(3)14-12)7-11-5-4-6-17-8-11/h9-12,14H,4-8H2,1-3H3. The Bertz CT molecular complexity index is 275. The molecular formula is C13H24N2O2. The van der Waals surface area contributed by atoms with Crippen LogP contribution in [0.5, 0.6) is 0 Å². The van der Waals surface area contributed by atoms with E-state index in [1.165, 1.54) is 6.42 Å². The molecule has 2 heterocycles. The fraction of sp³-hybridized carbons (Fsp3) is 0.923. The van der Waals surface area contributed by atoms with Crippen molar-refractivity contribution in [1.29, 1.82) is 0 Å². The number of rotatable bonds is 3. The summed E-state index contributed by atoms with van der Waals surface area (Å²) in [6, 6.07) is -0.00508. The van der Waals surface area contributed by atoms with E-state index in [-0.39, 0.29) is 18.1 Å². The first kappa shape index (κ1) is 12.8. The van der Waals surface area contributed by atoms with Gasteiger partial charge in [-0.2, -0.15) is 0 Å². The third-order valence-electron chi connectivity index (χ3n) is 3.81. The highest BCUT2D eigenvalue weighted by Gasteiger charge is 2.38. The van der Waals surface area contributed by atoms with Crippen molar-refractivity contribution in [2.45, 2.75) is 45.8 Å². The van der Waals surface area contributed by atoms with Crippen molar-refractivity contribution in [3.8, 4) is 0 Å². The molecule has 98 valence electrons. The van der Waals surface area contributed by atoms with E-state index in [4.69, 9.17) is 4.74 Å². The topological polar surface area (TPSA) is 41.6 Å². The SMILES string of the molecule is CC(C)C1NC(C)N(CC2CCCOC2)C1=O. The molecule has 0 radical (unpaired) electrons. The van der Waals surface area contributed by atoms with E-state index in [1.54, 1.807) is 0 Å². The van der Waals surface area contributed by atoms with Gasteiger partial charge in [0.25, 0.3) is 0 Å². The zero-order valence-corrected chi connectivity index (χ0v) is 11.1. The molecule has 0 aromatic carbocycles. The van der Waals surface area contributed by atoms with E-state index in [1.807, 2.05) is 4.90 Å². The van der Waals surface area contributed by atoms with Gasteiger partial charge in [0, 0.05) is 19.1 Å². The smallest absolute Gasteiger partial charge is 0.241 e. The van der Waals surface area contributed by atoms with Gasteiger partial charge >= 0.3 is 0 Å². The van der Waals surface area contributed by atoms with E-state index >= 15 is 0 Å². The van der Waals surface area contributed by atoms with Crippen molar-refractivity contribution in [3.05, 3.63) is 0 Å². The van der Waals surface area contributed by atoms with Crippen LogP contribution in [-0.2, 0) is 9.53 Å². The highest BCUT2D eigenvalue weighted by atomic mass is 16.5. The van der Waals surface area contributed by atoms with Crippen LogP contribution in [0.15, 0.2) is 0 Å². The summed E-state index contributed by atoms with van der Waals surface area (Å²) in [6.07, 6.45) is 2.47. The van der Waals surface area contributed by atoms with Crippen molar-refractivity contribution >= 4 is 5.91 Å². The fourth-order valence-corrected chi connectivity index (χ4v) is 2.75. The first-order valence-electron chi connectivity index (χ1n) is 6.74. The minimum atomic E-state index is -0.00508. The summed E-state index contributed by atoms with van der Waals surface area (Å²) < 4.78 is 5.48. The molecule has 3 atom stereocenters. The molecule has 3 unspecified atom stereocenters. The Morgan fingerprint density at radius 3 is 2.82 bits per heavy atom. The van der Waals surface area contributed by atoms with Gasteiger partial charge in [0.1, 0.15) is 0 Å². The zero-order valence-electron chi connectivity index (χ0n) is 11.1. The van der Waals surface area contributed by atoms with Crippen LogP contribution in [0.3, 0.4) is 0 Å². The first-order chi connectivity index (χ1) is 8.09. The lowest BCUT2D eigenvalue weighted by Gasteiger charge is -2.29.